The molecule has 0 spiro atoms. The first-order valence-corrected chi connectivity index (χ1v) is 12.6. The van der Waals surface area contributed by atoms with Gasteiger partial charge in [0.2, 0.25) is 0 Å². The monoisotopic (exact) mass is 526 g/mol. The van der Waals surface area contributed by atoms with E-state index in [0.717, 1.165) is 34.7 Å². The summed E-state index contributed by atoms with van der Waals surface area (Å²) in [6.07, 6.45) is 3.15. The quantitative estimate of drug-likeness (QED) is 0.315. The fraction of sp³-hybridized carbons (Fsp3) is 0.240. The van der Waals surface area contributed by atoms with Crippen LogP contribution in [0, 0.1) is 6.92 Å². The van der Waals surface area contributed by atoms with Crippen molar-refractivity contribution >= 4 is 69.7 Å². The van der Waals surface area contributed by atoms with Crippen molar-refractivity contribution in [3.05, 3.63) is 73.5 Å². The minimum absolute atomic E-state index is 0.150. The number of nitrogens with zero attached hydrogens (tertiary/aromatic N) is 2. The smallest absolute Gasteiger partial charge is 0.346 e. The van der Waals surface area contributed by atoms with Crippen LogP contribution in [0.25, 0.3) is 5.57 Å². The lowest BCUT2D eigenvalue weighted by Gasteiger charge is -2.45. The van der Waals surface area contributed by atoms with Crippen LogP contribution in [0.4, 0.5) is 5.69 Å². The number of methoxy groups -OCH3 is 2. The number of hydrogen-bond acceptors (Lipinski definition) is 9. The number of rotatable bonds is 3. The maximum absolute atomic E-state index is 13.7. The molecule has 7 nitrogen and oxygen atoms in total. The van der Waals surface area contributed by atoms with E-state index >= 15 is 0 Å². The largest absolute Gasteiger partial charge is 0.465 e. The zero-order valence-corrected chi connectivity index (χ0v) is 22.2. The Kier molecular flexibility index (Phi) is 6.90. The molecule has 0 fully saturated rings. The van der Waals surface area contributed by atoms with Crippen molar-refractivity contribution in [2.45, 2.75) is 26.3 Å². The summed E-state index contributed by atoms with van der Waals surface area (Å²) in [5.74, 6) is -1.46. The van der Waals surface area contributed by atoms with Crippen molar-refractivity contribution in [1.82, 2.24) is 4.98 Å². The molecule has 0 saturated heterocycles. The van der Waals surface area contributed by atoms with Gasteiger partial charge in [-0.05, 0) is 45.0 Å². The number of benzene rings is 1. The van der Waals surface area contributed by atoms with E-state index in [1.807, 2.05) is 39.0 Å². The summed E-state index contributed by atoms with van der Waals surface area (Å²) in [5, 5.41) is 0. The van der Waals surface area contributed by atoms with Gasteiger partial charge in [0.25, 0.3) is 5.91 Å². The molecule has 2 aliphatic heterocycles. The van der Waals surface area contributed by atoms with Gasteiger partial charge >= 0.3 is 11.9 Å². The number of hydrogen-bond donors (Lipinski definition) is 0. The first-order chi connectivity index (χ1) is 16.6. The highest BCUT2D eigenvalue weighted by Gasteiger charge is 2.46. The third-order valence-electron chi connectivity index (χ3n) is 5.68. The van der Waals surface area contributed by atoms with Gasteiger partial charge in [0.1, 0.15) is 9.81 Å². The standard InChI is InChI=1S/C25H22N2O5S3/c1-13-6-7-16-15(12-13)17(24-34-18(22(29)31-4)19(35-24)23(30)32-5)20(33)25(2,3)27(16)21(28)14-8-10-26-11-9-14/h6-12H,1-5H3. The number of carbonyl (C=O) groups excluding carboxylic acids is 3. The summed E-state index contributed by atoms with van der Waals surface area (Å²) in [7, 11) is 2.52. The molecule has 0 aliphatic carbocycles. The van der Waals surface area contributed by atoms with Gasteiger partial charge in [0, 0.05) is 29.1 Å². The summed E-state index contributed by atoms with van der Waals surface area (Å²) >= 11 is 8.25. The molecule has 1 aromatic heterocycles. The number of ether oxygens (including phenoxy) is 2. The minimum Gasteiger partial charge on any atom is -0.465 e. The van der Waals surface area contributed by atoms with Gasteiger partial charge in [-0.1, -0.05) is 47.4 Å². The first-order valence-electron chi connectivity index (χ1n) is 10.5. The maximum Gasteiger partial charge on any atom is 0.346 e. The number of anilines is 1. The molecule has 10 heteroatoms. The number of carbonyl (C=O) groups is 3. The molecule has 0 N–H and O–H groups in total. The fourth-order valence-electron chi connectivity index (χ4n) is 3.92. The van der Waals surface area contributed by atoms with E-state index in [9.17, 15) is 14.4 Å². The number of thiocarbonyl (C=S) groups is 1. The second kappa shape index (κ2) is 9.60. The molecule has 0 bridgehead atoms. The van der Waals surface area contributed by atoms with Crippen molar-refractivity contribution < 1.29 is 23.9 Å². The van der Waals surface area contributed by atoms with E-state index in [1.54, 1.807) is 29.4 Å². The van der Waals surface area contributed by atoms with E-state index in [-0.39, 0.29) is 15.7 Å². The lowest BCUT2D eigenvalue weighted by Crippen LogP contribution is -2.56. The molecule has 0 unspecified atom stereocenters. The normalized spacial score (nSPS) is 16.8. The topological polar surface area (TPSA) is 85.8 Å². The summed E-state index contributed by atoms with van der Waals surface area (Å²) in [5.41, 5.74) is 2.72. The van der Waals surface area contributed by atoms with Crippen LogP contribution >= 0.6 is 35.7 Å². The Bertz CT molecular complexity index is 1300. The molecule has 2 aromatic rings. The van der Waals surface area contributed by atoms with Gasteiger partial charge < -0.3 is 9.47 Å². The predicted molar refractivity (Wildman–Crippen MR) is 142 cm³/mol. The van der Waals surface area contributed by atoms with Gasteiger partial charge in [0.15, 0.2) is 0 Å². The van der Waals surface area contributed by atoms with Crippen molar-refractivity contribution in [2.24, 2.45) is 0 Å². The summed E-state index contributed by atoms with van der Waals surface area (Å²) in [6.45, 7) is 5.73. The second-order valence-electron chi connectivity index (χ2n) is 8.29. The highest BCUT2D eigenvalue weighted by atomic mass is 32.2. The average molecular weight is 527 g/mol. The maximum atomic E-state index is 13.7. The van der Waals surface area contributed by atoms with Crippen molar-refractivity contribution in [1.29, 1.82) is 0 Å². The van der Waals surface area contributed by atoms with E-state index in [4.69, 9.17) is 21.7 Å². The van der Waals surface area contributed by atoms with Crippen LogP contribution in [0.1, 0.15) is 35.3 Å². The van der Waals surface area contributed by atoms with Gasteiger partial charge in [0.05, 0.1) is 34.5 Å². The number of fused-ring (bicyclic) bond motifs is 1. The lowest BCUT2D eigenvalue weighted by atomic mass is 9.82. The summed E-state index contributed by atoms with van der Waals surface area (Å²) < 4.78 is 10.5. The predicted octanol–water partition coefficient (Wildman–Crippen LogP) is 4.91. The van der Waals surface area contributed by atoms with Crippen molar-refractivity contribution in [3.63, 3.8) is 0 Å². The molecule has 180 valence electrons. The first kappa shape index (κ1) is 25.2. The molecular weight excluding hydrogens is 504 g/mol. The number of aromatic nitrogens is 1. The SMILES string of the molecule is COC(=O)C1=C(C(=O)OC)SC(=C2C(=S)C(C)(C)N(C(=O)c3ccncc3)c3ccc(C)cc32)S1. The molecule has 1 amide bonds. The Hall–Kier alpha value is -2.95. The molecule has 2 aliphatic rings. The van der Waals surface area contributed by atoms with Crippen LogP contribution in [0.5, 0.6) is 0 Å². The Labute approximate surface area is 217 Å². The second-order valence-corrected chi connectivity index (χ2v) is 11.0. The number of thioether (sulfide) groups is 2. The molecule has 35 heavy (non-hydrogen) atoms. The minimum atomic E-state index is -0.888. The molecule has 1 aromatic carbocycles. The highest BCUT2D eigenvalue weighted by molar-refractivity contribution is 8.29. The number of aryl methyl sites for hydroxylation is 1. The van der Waals surface area contributed by atoms with Crippen LogP contribution < -0.4 is 4.90 Å². The van der Waals surface area contributed by atoms with E-state index < -0.39 is 17.5 Å². The van der Waals surface area contributed by atoms with Gasteiger partial charge in [-0.2, -0.15) is 0 Å². The number of amides is 1. The lowest BCUT2D eigenvalue weighted by molar-refractivity contribution is -0.138. The van der Waals surface area contributed by atoms with Crippen molar-refractivity contribution in [3.8, 4) is 0 Å². The van der Waals surface area contributed by atoms with Gasteiger partial charge in [-0.15, -0.1) is 0 Å². The molecular formula is C25H22N2O5S3. The number of esters is 2. The number of pyridine rings is 1. The average Bonchev–Trinajstić information content (AvgIpc) is 3.29. The summed E-state index contributed by atoms with van der Waals surface area (Å²) in [6, 6.07) is 9.13. The zero-order chi connectivity index (χ0) is 25.5. The third-order valence-corrected chi connectivity index (χ3v) is 8.94. The molecule has 3 heterocycles. The molecule has 0 radical (unpaired) electrons. The van der Waals surface area contributed by atoms with Crippen LogP contribution in [-0.2, 0) is 19.1 Å². The van der Waals surface area contributed by atoms with Crippen LogP contribution in [-0.4, -0.2) is 47.5 Å². The summed E-state index contributed by atoms with van der Waals surface area (Å²) in [4.78, 5) is 45.1. The van der Waals surface area contributed by atoms with E-state index in [2.05, 4.69) is 4.98 Å². The van der Waals surface area contributed by atoms with Gasteiger partial charge in [-0.25, -0.2) is 9.59 Å². The Morgan fingerprint density at radius 2 is 1.54 bits per heavy atom. The van der Waals surface area contributed by atoms with E-state index in [0.29, 0.717) is 25.9 Å². The van der Waals surface area contributed by atoms with Gasteiger partial charge in [-0.3, -0.25) is 14.7 Å². The fourth-order valence-corrected chi connectivity index (χ4v) is 6.95. The van der Waals surface area contributed by atoms with Crippen LogP contribution in [0.15, 0.2) is 56.8 Å². The van der Waals surface area contributed by atoms with Crippen LogP contribution in [0.2, 0.25) is 0 Å². The van der Waals surface area contributed by atoms with E-state index in [1.165, 1.54) is 14.2 Å². The zero-order valence-electron chi connectivity index (χ0n) is 19.7. The molecule has 0 atom stereocenters. The Morgan fingerprint density at radius 3 is 2.09 bits per heavy atom. The molecule has 0 saturated carbocycles. The van der Waals surface area contributed by atoms with Crippen molar-refractivity contribution in [2.75, 3.05) is 19.1 Å². The Morgan fingerprint density at radius 1 is 0.971 bits per heavy atom. The highest BCUT2D eigenvalue weighted by Crippen LogP contribution is 2.56. The van der Waals surface area contributed by atoms with Crippen LogP contribution in [0.3, 0.4) is 0 Å². The molecule has 4 rings (SSSR count). The Balaban J connectivity index is 1.92. The third kappa shape index (κ3) is 4.30.